The molecule has 4 heteroatoms. The second-order valence-corrected chi connectivity index (χ2v) is 5.20. The number of carbonyl (C=O) groups is 1. The maximum Gasteiger partial charge on any atom is 0.306 e. The molecule has 1 heterocycles. The lowest BCUT2D eigenvalue weighted by molar-refractivity contribution is -0.143. The van der Waals surface area contributed by atoms with Crippen LogP contribution in [0, 0.1) is 0 Å². The van der Waals surface area contributed by atoms with Gasteiger partial charge in [0.05, 0.1) is 13.0 Å². The van der Waals surface area contributed by atoms with Crippen molar-refractivity contribution >= 4 is 17.3 Å². The summed E-state index contributed by atoms with van der Waals surface area (Å²) in [5, 5.41) is 11.6. The minimum atomic E-state index is -0.242. The number of esters is 1. The Balaban J connectivity index is 2.03. The number of carbonyl (C=O) groups excluding carboxylic acids is 1. The normalized spacial score (nSPS) is 18.5. The number of allylic oxidation sites excluding steroid dienone is 2. The maximum absolute atomic E-state index is 11.6. The Kier molecular flexibility index (Phi) is 4.00. The van der Waals surface area contributed by atoms with Crippen LogP contribution in [0.1, 0.15) is 19.8 Å². The van der Waals surface area contributed by atoms with E-state index < -0.39 is 0 Å². The first-order chi connectivity index (χ1) is 10.7. The molecule has 1 atom stereocenters. The lowest BCUT2D eigenvalue weighted by Gasteiger charge is -2.25. The first kappa shape index (κ1) is 14.4. The molecule has 4 nitrogen and oxygen atoms in total. The van der Waals surface area contributed by atoms with Crippen molar-refractivity contribution < 1.29 is 19.4 Å². The molecule has 0 amide bonds. The molecule has 3 rings (SSSR count). The van der Waals surface area contributed by atoms with Gasteiger partial charge in [-0.2, -0.15) is 0 Å². The molecule has 1 aromatic carbocycles. The molecule has 0 saturated carbocycles. The van der Waals surface area contributed by atoms with Gasteiger partial charge in [0.15, 0.2) is 0 Å². The Morgan fingerprint density at radius 2 is 2.18 bits per heavy atom. The van der Waals surface area contributed by atoms with Gasteiger partial charge in [0.2, 0.25) is 0 Å². The zero-order valence-corrected chi connectivity index (χ0v) is 12.4. The highest BCUT2D eigenvalue weighted by molar-refractivity contribution is 5.72. The van der Waals surface area contributed by atoms with Crippen LogP contribution in [0.25, 0.3) is 11.3 Å². The second-order valence-electron chi connectivity index (χ2n) is 5.20. The third kappa shape index (κ3) is 2.77. The average molecular weight is 298 g/mol. The summed E-state index contributed by atoms with van der Waals surface area (Å²) in [5.74, 6) is 0.659. The fourth-order valence-electron chi connectivity index (χ4n) is 2.74. The van der Waals surface area contributed by atoms with E-state index in [2.05, 4.69) is 0 Å². The smallest absolute Gasteiger partial charge is 0.306 e. The quantitative estimate of drug-likeness (QED) is 0.856. The minimum absolute atomic E-state index is 0.140. The summed E-state index contributed by atoms with van der Waals surface area (Å²) in [5.41, 5.74) is 1.07. The largest absolute Gasteiger partial charge is 0.508 e. The Morgan fingerprint density at radius 1 is 1.32 bits per heavy atom. The predicted molar refractivity (Wildman–Crippen MR) is 83.2 cm³/mol. The highest BCUT2D eigenvalue weighted by Gasteiger charge is 2.21. The Hall–Kier alpha value is -2.49. The van der Waals surface area contributed by atoms with E-state index in [0.717, 1.165) is 16.0 Å². The molecule has 0 radical (unpaired) electrons. The van der Waals surface area contributed by atoms with Gasteiger partial charge in [-0.15, -0.1) is 0 Å². The summed E-state index contributed by atoms with van der Waals surface area (Å²) in [6.07, 6.45) is 8.49. The number of fused-ring (bicyclic) bond motifs is 2. The van der Waals surface area contributed by atoms with Crippen LogP contribution in [0.2, 0.25) is 0 Å². The molecule has 1 aliphatic heterocycles. The van der Waals surface area contributed by atoms with E-state index in [1.807, 2.05) is 30.4 Å². The van der Waals surface area contributed by atoms with E-state index in [4.69, 9.17) is 9.47 Å². The summed E-state index contributed by atoms with van der Waals surface area (Å²) in [6.45, 7) is 2.16. The van der Waals surface area contributed by atoms with Crippen molar-refractivity contribution in [2.45, 2.75) is 25.9 Å². The lowest BCUT2D eigenvalue weighted by Crippen LogP contribution is -2.38. The van der Waals surface area contributed by atoms with Crippen LogP contribution in [0.15, 0.2) is 42.5 Å². The van der Waals surface area contributed by atoms with Crippen LogP contribution >= 0.6 is 0 Å². The van der Waals surface area contributed by atoms with Crippen molar-refractivity contribution in [3.63, 3.8) is 0 Å². The van der Waals surface area contributed by atoms with Crippen molar-refractivity contribution in [2.24, 2.45) is 0 Å². The van der Waals surface area contributed by atoms with Crippen molar-refractivity contribution in [3.8, 4) is 5.75 Å². The standard InChI is InChI=1S/C18H18O4/c1-2-21-18(20)10-9-17-15-11-12(19)7-8-13(15)14-5-3-4-6-16(14)22-17/h3-8,11,16,19H,2,9-10H2,1H3. The van der Waals surface area contributed by atoms with Gasteiger partial charge in [0, 0.05) is 17.2 Å². The summed E-state index contributed by atoms with van der Waals surface area (Å²) < 4.78 is 11.0. The number of aromatic hydroxyl groups is 1. The Bertz CT molecular complexity index is 771. The number of hydrogen-bond donors (Lipinski definition) is 1. The summed E-state index contributed by atoms with van der Waals surface area (Å²) in [6, 6.07) is 5.25. The number of phenols is 1. The second kappa shape index (κ2) is 6.10. The Morgan fingerprint density at radius 3 is 3.00 bits per heavy atom. The van der Waals surface area contributed by atoms with Gasteiger partial charge in [-0.1, -0.05) is 24.3 Å². The van der Waals surface area contributed by atoms with Crippen LogP contribution in [0.5, 0.6) is 5.75 Å². The lowest BCUT2D eigenvalue weighted by atomic mass is 9.97. The van der Waals surface area contributed by atoms with Gasteiger partial charge in [0.25, 0.3) is 0 Å². The monoisotopic (exact) mass is 298 g/mol. The van der Waals surface area contributed by atoms with Crippen LogP contribution in [-0.4, -0.2) is 23.8 Å². The van der Waals surface area contributed by atoms with Gasteiger partial charge in [0.1, 0.15) is 17.6 Å². The average Bonchev–Trinajstić information content (AvgIpc) is 2.52. The van der Waals surface area contributed by atoms with Crippen LogP contribution in [0.4, 0.5) is 0 Å². The fourth-order valence-corrected chi connectivity index (χ4v) is 2.74. The van der Waals surface area contributed by atoms with Crippen LogP contribution in [-0.2, 0) is 14.3 Å². The van der Waals surface area contributed by atoms with E-state index in [9.17, 15) is 9.90 Å². The number of rotatable bonds is 4. The zero-order chi connectivity index (χ0) is 15.5. The van der Waals surface area contributed by atoms with Crippen molar-refractivity contribution in [2.75, 3.05) is 6.61 Å². The van der Waals surface area contributed by atoms with Crippen LogP contribution in [0.3, 0.4) is 0 Å². The highest BCUT2D eigenvalue weighted by atomic mass is 16.5. The van der Waals surface area contributed by atoms with E-state index in [-0.39, 0.29) is 24.2 Å². The molecular weight excluding hydrogens is 280 g/mol. The molecule has 0 bridgehead atoms. The summed E-state index contributed by atoms with van der Waals surface area (Å²) >= 11 is 0. The van der Waals surface area contributed by atoms with Crippen molar-refractivity contribution in [1.29, 1.82) is 0 Å². The zero-order valence-electron chi connectivity index (χ0n) is 12.4. The van der Waals surface area contributed by atoms with Gasteiger partial charge < -0.3 is 14.6 Å². The molecule has 22 heavy (non-hydrogen) atoms. The highest BCUT2D eigenvalue weighted by Crippen LogP contribution is 2.23. The van der Waals surface area contributed by atoms with Gasteiger partial charge in [-0.3, -0.25) is 4.79 Å². The molecule has 114 valence electrons. The molecule has 1 aliphatic carbocycles. The van der Waals surface area contributed by atoms with Gasteiger partial charge in [-0.05, 0) is 30.4 Å². The first-order valence-electron chi connectivity index (χ1n) is 7.42. The van der Waals surface area contributed by atoms with Crippen LogP contribution < -0.4 is 10.4 Å². The SMILES string of the molecule is CCOC(=O)CCC1=c2cc(O)ccc2=C2C=CC=CC2O1. The van der Waals surface area contributed by atoms with Gasteiger partial charge in [-0.25, -0.2) is 0 Å². The molecular formula is C18H18O4. The Labute approximate surface area is 128 Å². The number of ether oxygens (including phenoxy) is 2. The minimum Gasteiger partial charge on any atom is -0.508 e. The summed E-state index contributed by atoms with van der Waals surface area (Å²) in [7, 11) is 0. The molecule has 1 N–H and O–H groups in total. The van der Waals surface area contributed by atoms with Crippen molar-refractivity contribution in [3.05, 3.63) is 52.9 Å². The molecule has 0 fully saturated rings. The van der Waals surface area contributed by atoms with E-state index >= 15 is 0 Å². The number of hydrogen-bond acceptors (Lipinski definition) is 4. The van der Waals surface area contributed by atoms with Gasteiger partial charge >= 0.3 is 5.97 Å². The molecule has 1 aromatic rings. The predicted octanol–water partition coefficient (Wildman–Crippen LogP) is 1.52. The number of benzene rings is 1. The molecule has 0 spiro atoms. The third-order valence-electron chi connectivity index (χ3n) is 3.72. The molecule has 0 aromatic heterocycles. The third-order valence-corrected chi connectivity index (χ3v) is 3.72. The molecule has 0 saturated heterocycles. The fraction of sp³-hybridized carbons (Fsp3) is 0.278. The van der Waals surface area contributed by atoms with E-state index in [0.29, 0.717) is 18.8 Å². The topological polar surface area (TPSA) is 55.8 Å². The summed E-state index contributed by atoms with van der Waals surface area (Å²) in [4.78, 5) is 11.6. The van der Waals surface area contributed by atoms with E-state index in [1.165, 1.54) is 0 Å². The van der Waals surface area contributed by atoms with Crippen molar-refractivity contribution in [1.82, 2.24) is 0 Å². The molecule has 2 aliphatic rings. The number of phenolic OH excluding ortho intramolecular Hbond substituents is 1. The van der Waals surface area contributed by atoms with E-state index in [1.54, 1.807) is 19.1 Å². The maximum atomic E-state index is 11.6. The molecule has 1 unspecified atom stereocenters. The first-order valence-corrected chi connectivity index (χ1v) is 7.42.